The van der Waals surface area contributed by atoms with E-state index < -0.39 is 42.5 Å². The van der Waals surface area contributed by atoms with Gasteiger partial charge in [0.05, 0.1) is 6.04 Å². The van der Waals surface area contributed by atoms with E-state index in [0.29, 0.717) is 0 Å². The van der Waals surface area contributed by atoms with E-state index in [1.165, 1.54) is 0 Å². The summed E-state index contributed by atoms with van der Waals surface area (Å²) < 4.78 is 30.9. The highest BCUT2D eigenvalue weighted by Gasteiger charge is 2.45. The molecule has 0 aromatic carbocycles. The lowest BCUT2D eigenvalue weighted by Crippen LogP contribution is -2.45. The third-order valence-corrected chi connectivity index (χ3v) is 2.27. The average molecular weight is 236 g/mol. The number of nitrogens with one attached hydrogen (secondary N) is 1. The molecule has 2 atom stereocenters. The molecule has 0 aromatic heterocycles. The molecule has 1 saturated carbocycles. The molecule has 4 nitrogen and oxygen atoms in total. The van der Waals surface area contributed by atoms with Crippen molar-refractivity contribution < 1.29 is 18.3 Å². The fourth-order valence-electron chi connectivity index (χ4n) is 1.66. The number of amides is 1. The summed E-state index contributed by atoms with van der Waals surface area (Å²) in [6, 6.07) is -1.44. The fourth-order valence-corrected chi connectivity index (χ4v) is 1.66. The number of carbonyl (C=O) groups is 1. The Morgan fingerprint density at radius 2 is 2.00 bits per heavy atom. The first-order valence-corrected chi connectivity index (χ1v) is 5.22. The number of hydrogen-bond donors (Lipinski definition) is 2. The van der Waals surface area contributed by atoms with Crippen molar-refractivity contribution >= 4 is 6.09 Å². The van der Waals surface area contributed by atoms with Gasteiger partial charge in [-0.25, -0.2) is 13.6 Å². The second kappa shape index (κ2) is 4.16. The van der Waals surface area contributed by atoms with E-state index in [1.54, 1.807) is 20.8 Å². The van der Waals surface area contributed by atoms with Crippen molar-refractivity contribution in [2.24, 2.45) is 5.73 Å². The van der Waals surface area contributed by atoms with Gasteiger partial charge in [0.2, 0.25) is 0 Å². The van der Waals surface area contributed by atoms with E-state index in [1.807, 2.05) is 0 Å². The van der Waals surface area contributed by atoms with Gasteiger partial charge in [-0.15, -0.1) is 0 Å². The molecule has 94 valence electrons. The molecular weight excluding hydrogens is 218 g/mol. The molecule has 1 aliphatic rings. The molecule has 0 aliphatic heterocycles. The van der Waals surface area contributed by atoms with Crippen LogP contribution in [0.2, 0.25) is 0 Å². The maximum absolute atomic E-state index is 13.0. The zero-order chi connectivity index (χ0) is 12.6. The zero-order valence-corrected chi connectivity index (χ0v) is 9.72. The SMILES string of the molecule is CC(C)(C)OC(=O)N[C@@H]1CC(F)(F)C[C@H]1N. The maximum Gasteiger partial charge on any atom is 0.407 e. The minimum absolute atomic E-state index is 0.395. The van der Waals surface area contributed by atoms with Crippen LogP contribution in [0.4, 0.5) is 13.6 Å². The zero-order valence-electron chi connectivity index (χ0n) is 9.72. The van der Waals surface area contributed by atoms with Gasteiger partial charge in [0.15, 0.2) is 0 Å². The Morgan fingerprint density at radius 3 is 2.38 bits per heavy atom. The minimum Gasteiger partial charge on any atom is -0.444 e. The van der Waals surface area contributed by atoms with Gasteiger partial charge in [-0.05, 0) is 20.8 Å². The second-order valence-electron chi connectivity index (χ2n) is 5.18. The molecule has 0 saturated heterocycles. The highest BCUT2D eigenvalue weighted by atomic mass is 19.3. The van der Waals surface area contributed by atoms with E-state index in [4.69, 9.17) is 10.5 Å². The summed E-state index contributed by atoms with van der Waals surface area (Å²) in [6.45, 7) is 5.11. The Labute approximate surface area is 93.5 Å². The van der Waals surface area contributed by atoms with Gasteiger partial charge in [0.25, 0.3) is 5.92 Å². The normalized spacial score (nSPS) is 28.9. The highest BCUT2D eigenvalue weighted by Crippen LogP contribution is 2.34. The lowest BCUT2D eigenvalue weighted by atomic mass is 10.2. The van der Waals surface area contributed by atoms with Crippen molar-refractivity contribution in [2.75, 3.05) is 0 Å². The molecule has 0 unspecified atom stereocenters. The molecule has 16 heavy (non-hydrogen) atoms. The molecule has 6 heteroatoms. The Hall–Kier alpha value is -0.910. The molecule has 0 bridgehead atoms. The van der Waals surface area contributed by atoms with Crippen molar-refractivity contribution in [1.82, 2.24) is 5.32 Å². The smallest absolute Gasteiger partial charge is 0.407 e. The van der Waals surface area contributed by atoms with Crippen LogP contribution in [0.1, 0.15) is 33.6 Å². The molecule has 1 rings (SSSR count). The van der Waals surface area contributed by atoms with Crippen molar-refractivity contribution in [3.05, 3.63) is 0 Å². The van der Waals surface area contributed by atoms with Gasteiger partial charge in [-0.2, -0.15) is 0 Å². The molecule has 1 amide bonds. The highest BCUT2D eigenvalue weighted by molar-refractivity contribution is 5.68. The maximum atomic E-state index is 13.0. The van der Waals surface area contributed by atoms with Gasteiger partial charge in [-0.1, -0.05) is 0 Å². The standard InChI is InChI=1S/C10H18F2N2O2/c1-9(2,3)16-8(15)14-7-5-10(11,12)4-6(7)13/h6-7H,4-5,13H2,1-3H3,(H,14,15)/t6-,7-/m1/s1. The lowest BCUT2D eigenvalue weighted by Gasteiger charge is -2.23. The van der Waals surface area contributed by atoms with Gasteiger partial charge < -0.3 is 15.8 Å². The predicted octanol–water partition coefficient (Wildman–Crippen LogP) is 1.64. The van der Waals surface area contributed by atoms with Crippen LogP contribution in [-0.4, -0.2) is 29.7 Å². The minimum atomic E-state index is -2.79. The van der Waals surface area contributed by atoms with Crippen LogP contribution in [0.25, 0.3) is 0 Å². The first-order chi connectivity index (χ1) is 7.09. The van der Waals surface area contributed by atoms with Gasteiger partial charge in [0.1, 0.15) is 5.60 Å². The second-order valence-corrected chi connectivity index (χ2v) is 5.18. The number of alkyl halides is 2. The Morgan fingerprint density at radius 1 is 1.44 bits per heavy atom. The monoisotopic (exact) mass is 236 g/mol. The number of alkyl carbamates (subject to hydrolysis) is 1. The molecule has 1 fully saturated rings. The Balaban J connectivity index is 2.47. The fraction of sp³-hybridized carbons (Fsp3) is 0.900. The molecule has 0 radical (unpaired) electrons. The van der Waals surface area contributed by atoms with Crippen molar-refractivity contribution in [3.8, 4) is 0 Å². The topological polar surface area (TPSA) is 64.3 Å². The summed E-state index contributed by atoms with van der Waals surface area (Å²) in [5.74, 6) is -2.79. The lowest BCUT2D eigenvalue weighted by molar-refractivity contribution is 0.00532. The molecule has 3 N–H and O–H groups in total. The summed E-state index contributed by atoms with van der Waals surface area (Å²) in [6.07, 6.45) is -1.52. The Kier molecular flexibility index (Phi) is 3.42. The van der Waals surface area contributed by atoms with E-state index in [0.717, 1.165) is 0 Å². The summed E-state index contributed by atoms with van der Waals surface area (Å²) in [7, 11) is 0. The molecular formula is C10H18F2N2O2. The number of halogens is 2. The summed E-state index contributed by atoms with van der Waals surface area (Å²) in [5.41, 5.74) is 4.87. The quantitative estimate of drug-likeness (QED) is 0.727. The summed E-state index contributed by atoms with van der Waals surface area (Å²) in [4.78, 5) is 11.3. The number of rotatable bonds is 1. The van der Waals surface area contributed by atoms with E-state index >= 15 is 0 Å². The third-order valence-electron chi connectivity index (χ3n) is 2.27. The Bertz CT molecular complexity index is 276. The van der Waals surface area contributed by atoms with E-state index in [2.05, 4.69) is 5.32 Å². The predicted molar refractivity (Wildman–Crippen MR) is 55.3 cm³/mol. The molecule has 0 aromatic rings. The number of nitrogens with two attached hydrogens (primary N) is 1. The van der Waals surface area contributed by atoms with Crippen LogP contribution in [0, 0.1) is 0 Å². The van der Waals surface area contributed by atoms with Crippen molar-refractivity contribution in [1.29, 1.82) is 0 Å². The van der Waals surface area contributed by atoms with E-state index in [9.17, 15) is 13.6 Å². The first-order valence-electron chi connectivity index (χ1n) is 5.22. The largest absolute Gasteiger partial charge is 0.444 e. The van der Waals surface area contributed by atoms with Crippen LogP contribution in [0.5, 0.6) is 0 Å². The van der Waals surface area contributed by atoms with Crippen LogP contribution < -0.4 is 11.1 Å². The average Bonchev–Trinajstić information content (AvgIpc) is 2.19. The number of carbonyl (C=O) groups excluding carboxylic acids is 1. The van der Waals surface area contributed by atoms with Gasteiger partial charge in [0, 0.05) is 18.9 Å². The molecule has 0 spiro atoms. The van der Waals surface area contributed by atoms with Crippen LogP contribution in [0.3, 0.4) is 0 Å². The van der Waals surface area contributed by atoms with Crippen molar-refractivity contribution in [3.63, 3.8) is 0 Å². The van der Waals surface area contributed by atoms with Gasteiger partial charge in [-0.3, -0.25) is 0 Å². The molecule has 1 aliphatic carbocycles. The van der Waals surface area contributed by atoms with Crippen molar-refractivity contribution in [2.45, 2.75) is 57.2 Å². The van der Waals surface area contributed by atoms with Crippen LogP contribution in [-0.2, 0) is 4.74 Å². The van der Waals surface area contributed by atoms with Crippen LogP contribution in [0.15, 0.2) is 0 Å². The number of hydrogen-bond acceptors (Lipinski definition) is 3. The first kappa shape index (κ1) is 13.2. The van der Waals surface area contributed by atoms with E-state index in [-0.39, 0.29) is 0 Å². The van der Waals surface area contributed by atoms with Gasteiger partial charge >= 0.3 is 6.09 Å². The summed E-state index contributed by atoms with van der Waals surface area (Å²) >= 11 is 0. The third kappa shape index (κ3) is 3.92. The summed E-state index contributed by atoms with van der Waals surface area (Å²) in [5, 5.41) is 2.37. The number of ether oxygens (including phenoxy) is 1. The molecule has 0 heterocycles. The van der Waals surface area contributed by atoms with Crippen LogP contribution >= 0.6 is 0 Å².